The number of aliphatic hydroxyl groups is 2. The van der Waals surface area contributed by atoms with Crippen LogP contribution in [0.4, 0.5) is 4.39 Å². The molecule has 0 aliphatic carbocycles. The van der Waals surface area contributed by atoms with Gasteiger partial charge in [0.05, 0.1) is 0 Å². The molecule has 2 N–H and O–H groups in total. The summed E-state index contributed by atoms with van der Waals surface area (Å²) in [6, 6.07) is 3.87. The number of hydrogen-bond donors (Lipinski definition) is 2. The highest BCUT2D eigenvalue weighted by Gasteiger charge is 2.39. The van der Waals surface area contributed by atoms with Crippen LogP contribution < -0.4 is 9.47 Å². The van der Waals surface area contributed by atoms with Gasteiger partial charge in [-0.15, -0.1) is 0 Å². The Morgan fingerprint density at radius 3 is 2.67 bits per heavy atom. The summed E-state index contributed by atoms with van der Waals surface area (Å²) in [5.74, 6) is -1.01. The van der Waals surface area contributed by atoms with Crippen molar-refractivity contribution in [3.63, 3.8) is 0 Å². The third-order valence-electron chi connectivity index (χ3n) is 1.41. The zero-order valence-electron chi connectivity index (χ0n) is 5.82. The Morgan fingerprint density at radius 1 is 1.25 bits per heavy atom. The van der Waals surface area contributed by atoms with Crippen molar-refractivity contribution in [2.24, 2.45) is 0 Å². The molecule has 4 nitrogen and oxygen atoms in total. The minimum atomic E-state index is -2.75. The Hall–Kier alpha value is -1.33. The van der Waals surface area contributed by atoms with E-state index in [0.29, 0.717) is 0 Å². The molecule has 5 heteroatoms. The summed E-state index contributed by atoms with van der Waals surface area (Å²) in [6.07, 6.45) is -2.75. The van der Waals surface area contributed by atoms with Crippen molar-refractivity contribution in [2.75, 3.05) is 0 Å². The van der Waals surface area contributed by atoms with Gasteiger partial charge >= 0.3 is 6.16 Å². The molecular weight excluding hydrogens is 167 g/mol. The molecule has 12 heavy (non-hydrogen) atoms. The molecule has 0 saturated heterocycles. The van der Waals surface area contributed by atoms with E-state index in [9.17, 15) is 4.39 Å². The second kappa shape index (κ2) is 2.09. The predicted molar refractivity (Wildman–Crippen MR) is 34.8 cm³/mol. The fraction of sp³-hybridized carbons (Fsp3) is 0.143. The Balaban J connectivity index is 2.48. The van der Waals surface area contributed by atoms with E-state index in [1.54, 1.807) is 0 Å². The lowest BCUT2D eigenvalue weighted by Gasteiger charge is -2.10. The minimum Gasteiger partial charge on any atom is -0.403 e. The maximum Gasteiger partial charge on any atom is 0.505 e. The molecule has 0 amide bonds. The maximum absolute atomic E-state index is 12.8. The molecule has 1 aromatic carbocycles. The number of rotatable bonds is 0. The number of halogens is 1. The molecule has 2 rings (SSSR count). The van der Waals surface area contributed by atoms with Crippen molar-refractivity contribution < 1.29 is 24.1 Å². The first kappa shape index (κ1) is 7.33. The maximum atomic E-state index is 12.8. The first-order valence-corrected chi connectivity index (χ1v) is 3.20. The third kappa shape index (κ3) is 0.992. The molecule has 0 fully saturated rings. The molecule has 0 aromatic heterocycles. The van der Waals surface area contributed by atoms with Crippen LogP contribution in [0.1, 0.15) is 0 Å². The number of benzene rings is 1. The Morgan fingerprint density at radius 2 is 2.00 bits per heavy atom. The topological polar surface area (TPSA) is 58.9 Å². The van der Waals surface area contributed by atoms with Crippen LogP contribution in [-0.2, 0) is 0 Å². The summed E-state index contributed by atoms with van der Waals surface area (Å²) in [7, 11) is 0. The van der Waals surface area contributed by atoms with Crippen LogP contribution in [0.25, 0.3) is 0 Å². The van der Waals surface area contributed by atoms with Gasteiger partial charge in [0.25, 0.3) is 0 Å². The smallest absolute Gasteiger partial charge is 0.403 e. The summed E-state index contributed by atoms with van der Waals surface area (Å²) in [5, 5.41) is 17.6. The monoisotopic (exact) mass is 172 g/mol. The Bertz CT molecular complexity index is 323. The van der Waals surface area contributed by atoms with Crippen molar-refractivity contribution in [1.29, 1.82) is 0 Å². The number of ether oxygens (including phenoxy) is 2. The molecule has 0 unspecified atom stereocenters. The Kier molecular flexibility index (Phi) is 1.27. The summed E-state index contributed by atoms with van der Waals surface area (Å²) in [6.45, 7) is 0. The lowest BCUT2D eigenvalue weighted by molar-refractivity contribution is -0.386. The van der Waals surface area contributed by atoms with Gasteiger partial charge < -0.3 is 9.47 Å². The van der Waals surface area contributed by atoms with Gasteiger partial charge in [0.2, 0.25) is 5.75 Å². The summed E-state index contributed by atoms with van der Waals surface area (Å²) in [4.78, 5) is 0. The SMILES string of the molecule is OC1(O)Oc2cccc(F)c2O1. The number of hydrogen-bond acceptors (Lipinski definition) is 4. The average molecular weight is 172 g/mol. The second-order valence-electron chi connectivity index (χ2n) is 2.32. The molecule has 1 heterocycles. The first-order valence-electron chi connectivity index (χ1n) is 3.20. The van der Waals surface area contributed by atoms with Gasteiger partial charge in [0, 0.05) is 0 Å². The fourth-order valence-electron chi connectivity index (χ4n) is 0.966. The van der Waals surface area contributed by atoms with E-state index in [4.69, 9.17) is 10.2 Å². The van der Waals surface area contributed by atoms with Gasteiger partial charge in [-0.25, -0.2) is 4.39 Å². The quantitative estimate of drug-likeness (QED) is 0.548. The van der Waals surface area contributed by atoms with Crippen molar-refractivity contribution in [3.05, 3.63) is 24.0 Å². The van der Waals surface area contributed by atoms with E-state index < -0.39 is 12.0 Å². The van der Waals surface area contributed by atoms with E-state index in [1.807, 2.05) is 0 Å². The second-order valence-corrected chi connectivity index (χ2v) is 2.32. The third-order valence-corrected chi connectivity index (χ3v) is 1.41. The molecule has 64 valence electrons. The van der Waals surface area contributed by atoms with Crippen LogP contribution >= 0.6 is 0 Å². The molecule has 1 aliphatic heterocycles. The van der Waals surface area contributed by atoms with Crippen molar-refractivity contribution in [2.45, 2.75) is 6.16 Å². The van der Waals surface area contributed by atoms with Crippen LogP contribution in [0, 0.1) is 5.82 Å². The van der Waals surface area contributed by atoms with E-state index in [1.165, 1.54) is 12.1 Å². The van der Waals surface area contributed by atoms with E-state index >= 15 is 0 Å². The lowest BCUT2D eigenvalue weighted by Crippen LogP contribution is -2.37. The number of para-hydroxylation sites is 1. The predicted octanol–water partition coefficient (Wildman–Crippen LogP) is 0.193. The Labute approximate surface area is 66.8 Å². The molecule has 0 saturated carbocycles. The zero-order valence-corrected chi connectivity index (χ0v) is 5.82. The van der Waals surface area contributed by atoms with Crippen LogP contribution in [0.15, 0.2) is 18.2 Å². The van der Waals surface area contributed by atoms with Gasteiger partial charge in [0.1, 0.15) is 0 Å². The van der Waals surface area contributed by atoms with Crippen LogP contribution in [0.5, 0.6) is 11.5 Å². The molecule has 1 aromatic rings. The largest absolute Gasteiger partial charge is 0.505 e. The first-order chi connectivity index (χ1) is 5.58. The highest BCUT2D eigenvalue weighted by Crippen LogP contribution is 2.38. The van der Waals surface area contributed by atoms with Gasteiger partial charge in [-0.1, -0.05) is 6.07 Å². The van der Waals surface area contributed by atoms with Gasteiger partial charge in [-0.05, 0) is 12.1 Å². The van der Waals surface area contributed by atoms with Crippen LogP contribution in [0.3, 0.4) is 0 Å². The zero-order chi connectivity index (χ0) is 8.77. The molecule has 0 radical (unpaired) electrons. The average Bonchev–Trinajstić information content (AvgIpc) is 2.25. The summed E-state index contributed by atoms with van der Waals surface area (Å²) in [5.41, 5.74) is 0. The fourth-order valence-corrected chi connectivity index (χ4v) is 0.966. The molecule has 0 atom stereocenters. The summed E-state index contributed by atoms with van der Waals surface area (Å²) >= 11 is 0. The van der Waals surface area contributed by atoms with Crippen molar-refractivity contribution in [1.82, 2.24) is 0 Å². The van der Waals surface area contributed by atoms with Crippen LogP contribution in [0.2, 0.25) is 0 Å². The van der Waals surface area contributed by atoms with Crippen molar-refractivity contribution >= 4 is 0 Å². The standard InChI is InChI=1S/C7H5FO4/c8-4-2-1-3-5-6(4)12-7(9,10)11-5/h1-3,9-10H. The molecular formula is C7H5FO4. The summed E-state index contributed by atoms with van der Waals surface area (Å²) < 4.78 is 21.6. The van der Waals surface area contributed by atoms with Crippen molar-refractivity contribution in [3.8, 4) is 11.5 Å². The highest BCUT2D eigenvalue weighted by atomic mass is 19.1. The van der Waals surface area contributed by atoms with Gasteiger partial charge in [-0.2, -0.15) is 0 Å². The molecule has 0 spiro atoms. The van der Waals surface area contributed by atoms with Crippen LogP contribution in [-0.4, -0.2) is 16.4 Å². The van der Waals surface area contributed by atoms with Gasteiger partial charge in [-0.3, -0.25) is 10.2 Å². The van der Waals surface area contributed by atoms with E-state index in [-0.39, 0.29) is 11.5 Å². The van der Waals surface area contributed by atoms with E-state index in [0.717, 1.165) is 6.07 Å². The normalized spacial score (nSPS) is 17.9. The van der Waals surface area contributed by atoms with E-state index in [2.05, 4.69) is 9.47 Å². The molecule has 0 bridgehead atoms. The molecule has 1 aliphatic rings. The minimum absolute atomic E-state index is 0.0278. The highest BCUT2D eigenvalue weighted by molar-refractivity contribution is 5.43. The number of fused-ring (bicyclic) bond motifs is 1. The van der Waals surface area contributed by atoms with Gasteiger partial charge in [0.15, 0.2) is 11.6 Å². The lowest BCUT2D eigenvalue weighted by atomic mass is 10.3.